The second-order valence-corrected chi connectivity index (χ2v) is 4.71. The van der Waals surface area contributed by atoms with Gasteiger partial charge >= 0.3 is 6.03 Å². The fraction of sp³-hybridized carbons (Fsp3) is 0.545. The Kier molecular flexibility index (Phi) is 3.82. The molecule has 1 aromatic heterocycles. The first-order chi connectivity index (χ1) is 7.37. The molecule has 0 aromatic carbocycles. The van der Waals surface area contributed by atoms with Crippen LogP contribution in [0.25, 0.3) is 0 Å². The number of rotatable bonds is 2. The summed E-state index contributed by atoms with van der Waals surface area (Å²) in [6.45, 7) is 8.09. The van der Waals surface area contributed by atoms with Gasteiger partial charge in [0, 0.05) is 11.2 Å². The van der Waals surface area contributed by atoms with E-state index in [9.17, 15) is 4.79 Å². The standard InChI is InChI=1S/C11H18N4O/c1-8-5-9(14-7-13-8)6-12-10(16)15-11(2,3)4/h5,7H,6H2,1-4H3,(H2,12,15,16). The summed E-state index contributed by atoms with van der Waals surface area (Å²) in [5.41, 5.74) is 1.46. The molecule has 0 radical (unpaired) electrons. The number of hydrogen-bond acceptors (Lipinski definition) is 3. The average Bonchev–Trinajstić information content (AvgIpc) is 2.12. The lowest BCUT2D eigenvalue weighted by atomic mass is 10.1. The second-order valence-electron chi connectivity index (χ2n) is 4.71. The molecule has 0 saturated carbocycles. The number of urea groups is 1. The molecule has 0 saturated heterocycles. The Morgan fingerprint density at radius 1 is 1.38 bits per heavy atom. The molecule has 1 rings (SSSR count). The molecular weight excluding hydrogens is 204 g/mol. The maximum atomic E-state index is 11.5. The summed E-state index contributed by atoms with van der Waals surface area (Å²) in [4.78, 5) is 19.5. The molecule has 16 heavy (non-hydrogen) atoms. The Morgan fingerprint density at radius 2 is 2.06 bits per heavy atom. The zero-order chi connectivity index (χ0) is 12.2. The average molecular weight is 222 g/mol. The molecular formula is C11H18N4O. The van der Waals surface area contributed by atoms with Crippen molar-refractivity contribution in [2.75, 3.05) is 0 Å². The molecule has 0 unspecified atom stereocenters. The SMILES string of the molecule is Cc1cc(CNC(=O)NC(C)(C)C)ncn1. The number of aryl methyl sites for hydroxylation is 1. The van der Waals surface area contributed by atoms with Crippen LogP contribution in [0, 0.1) is 6.92 Å². The Balaban J connectivity index is 2.43. The van der Waals surface area contributed by atoms with Crippen molar-refractivity contribution >= 4 is 6.03 Å². The molecule has 5 heteroatoms. The van der Waals surface area contributed by atoms with Crippen molar-refractivity contribution in [3.8, 4) is 0 Å². The van der Waals surface area contributed by atoms with Crippen LogP contribution in [0.2, 0.25) is 0 Å². The monoisotopic (exact) mass is 222 g/mol. The largest absolute Gasteiger partial charge is 0.334 e. The van der Waals surface area contributed by atoms with Crippen molar-refractivity contribution in [2.24, 2.45) is 0 Å². The van der Waals surface area contributed by atoms with E-state index in [2.05, 4.69) is 20.6 Å². The predicted octanol–water partition coefficient (Wildman–Crippen LogP) is 1.38. The van der Waals surface area contributed by atoms with E-state index in [0.29, 0.717) is 6.54 Å². The van der Waals surface area contributed by atoms with Crippen LogP contribution in [0.3, 0.4) is 0 Å². The lowest BCUT2D eigenvalue weighted by Crippen LogP contribution is -2.46. The van der Waals surface area contributed by atoms with Crippen LogP contribution in [0.5, 0.6) is 0 Å². The van der Waals surface area contributed by atoms with E-state index in [-0.39, 0.29) is 11.6 Å². The van der Waals surface area contributed by atoms with Crippen molar-refractivity contribution in [1.29, 1.82) is 0 Å². The fourth-order valence-corrected chi connectivity index (χ4v) is 1.16. The van der Waals surface area contributed by atoms with Crippen molar-refractivity contribution in [2.45, 2.75) is 39.8 Å². The summed E-state index contributed by atoms with van der Waals surface area (Å²) >= 11 is 0. The highest BCUT2D eigenvalue weighted by Gasteiger charge is 2.12. The molecule has 0 aliphatic rings. The number of carbonyl (C=O) groups excluding carboxylic acids is 1. The van der Waals surface area contributed by atoms with E-state index in [1.165, 1.54) is 6.33 Å². The van der Waals surface area contributed by atoms with Gasteiger partial charge in [-0.15, -0.1) is 0 Å². The third-order valence-corrected chi connectivity index (χ3v) is 1.78. The van der Waals surface area contributed by atoms with E-state index < -0.39 is 0 Å². The highest BCUT2D eigenvalue weighted by Crippen LogP contribution is 1.99. The van der Waals surface area contributed by atoms with Crippen LogP contribution in [0.15, 0.2) is 12.4 Å². The van der Waals surface area contributed by atoms with Crippen LogP contribution < -0.4 is 10.6 Å². The van der Waals surface area contributed by atoms with Gasteiger partial charge in [-0.1, -0.05) is 0 Å². The summed E-state index contributed by atoms with van der Waals surface area (Å²) in [5.74, 6) is 0. The minimum absolute atomic E-state index is 0.191. The number of aromatic nitrogens is 2. The Morgan fingerprint density at radius 3 is 2.62 bits per heavy atom. The lowest BCUT2D eigenvalue weighted by Gasteiger charge is -2.20. The Hall–Kier alpha value is -1.65. The van der Waals surface area contributed by atoms with Crippen LogP contribution in [-0.4, -0.2) is 21.5 Å². The van der Waals surface area contributed by atoms with Crippen LogP contribution >= 0.6 is 0 Å². The summed E-state index contributed by atoms with van der Waals surface area (Å²) in [7, 11) is 0. The first kappa shape index (κ1) is 12.4. The molecule has 2 amide bonds. The van der Waals surface area contributed by atoms with E-state index in [1.807, 2.05) is 33.8 Å². The maximum absolute atomic E-state index is 11.5. The van der Waals surface area contributed by atoms with Crippen molar-refractivity contribution in [3.63, 3.8) is 0 Å². The van der Waals surface area contributed by atoms with E-state index >= 15 is 0 Å². The molecule has 0 spiro atoms. The zero-order valence-electron chi connectivity index (χ0n) is 10.2. The smallest absolute Gasteiger partial charge is 0.315 e. The van der Waals surface area contributed by atoms with Crippen LogP contribution in [0.1, 0.15) is 32.2 Å². The quantitative estimate of drug-likeness (QED) is 0.794. The fourth-order valence-electron chi connectivity index (χ4n) is 1.16. The highest BCUT2D eigenvalue weighted by molar-refractivity contribution is 5.74. The van der Waals surface area contributed by atoms with E-state index in [4.69, 9.17) is 0 Å². The minimum atomic E-state index is -0.230. The summed E-state index contributed by atoms with van der Waals surface area (Å²) < 4.78 is 0. The van der Waals surface area contributed by atoms with Gasteiger partial charge in [0.25, 0.3) is 0 Å². The molecule has 0 atom stereocenters. The number of hydrogen-bond donors (Lipinski definition) is 2. The third kappa shape index (κ3) is 4.72. The van der Waals surface area contributed by atoms with Gasteiger partial charge in [0.15, 0.2) is 0 Å². The van der Waals surface area contributed by atoms with Gasteiger partial charge in [0.1, 0.15) is 6.33 Å². The van der Waals surface area contributed by atoms with Crippen molar-refractivity contribution in [3.05, 3.63) is 23.8 Å². The topological polar surface area (TPSA) is 66.9 Å². The molecule has 2 N–H and O–H groups in total. The first-order valence-corrected chi connectivity index (χ1v) is 5.20. The number of nitrogens with zero attached hydrogens (tertiary/aromatic N) is 2. The Labute approximate surface area is 95.7 Å². The lowest BCUT2D eigenvalue weighted by molar-refractivity contribution is 0.231. The van der Waals surface area contributed by atoms with E-state index in [1.54, 1.807) is 0 Å². The van der Waals surface area contributed by atoms with Gasteiger partial charge in [0.05, 0.1) is 12.2 Å². The van der Waals surface area contributed by atoms with Gasteiger partial charge in [-0.25, -0.2) is 14.8 Å². The van der Waals surface area contributed by atoms with Crippen molar-refractivity contribution < 1.29 is 4.79 Å². The summed E-state index contributed by atoms with van der Waals surface area (Å²) in [6.07, 6.45) is 1.49. The maximum Gasteiger partial charge on any atom is 0.315 e. The molecule has 0 fully saturated rings. The molecule has 5 nitrogen and oxygen atoms in total. The number of carbonyl (C=O) groups is 1. The minimum Gasteiger partial charge on any atom is -0.334 e. The third-order valence-electron chi connectivity index (χ3n) is 1.78. The summed E-state index contributed by atoms with van der Waals surface area (Å²) in [5, 5.41) is 5.55. The predicted molar refractivity (Wildman–Crippen MR) is 61.9 cm³/mol. The van der Waals surface area contributed by atoms with Gasteiger partial charge in [-0.2, -0.15) is 0 Å². The zero-order valence-corrected chi connectivity index (χ0v) is 10.2. The van der Waals surface area contributed by atoms with Gasteiger partial charge in [-0.3, -0.25) is 0 Å². The first-order valence-electron chi connectivity index (χ1n) is 5.20. The summed E-state index contributed by atoms with van der Waals surface area (Å²) in [6, 6.07) is 1.65. The van der Waals surface area contributed by atoms with Crippen LogP contribution in [0.4, 0.5) is 4.79 Å². The van der Waals surface area contributed by atoms with Gasteiger partial charge in [-0.05, 0) is 33.8 Å². The highest BCUT2D eigenvalue weighted by atomic mass is 16.2. The molecule has 0 bridgehead atoms. The Bertz CT molecular complexity index is 370. The number of amides is 2. The van der Waals surface area contributed by atoms with Gasteiger partial charge < -0.3 is 10.6 Å². The number of nitrogens with one attached hydrogen (secondary N) is 2. The molecule has 0 aliphatic heterocycles. The normalized spacial score (nSPS) is 11.0. The van der Waals surface area contributed by atoms with Crippen LogP contribution in [-0.2, 0) is 6.54 Å². The van der Waals surface area contributed by atoms with Gasteiger partial charge in [0.2, 0.25) is 0 Å². The second kappa shape index (κ2) is 4.92. The molecule has 0 aliphatic carbocycles. The molecule has 1 aromatic rings. The molecule has 88 valence electrons. The van der Waals surface area contributed by atoms with Crippen molar-refractivity contribution in [1.82, 2.24) is 20.6 Å². The molecule has 1 heterocycles. The van der Waals surface area contributed by atoms with E-state index in [0.717, 1.165) is 11.4 Å².